The van der Waals surface area contributed by atoms with Crippen LogP contribution in [-0.4, -0.2) is 41.6 Å². The minimum atomic E-state index is -1.25. The van der Waals surface area contributed by atoms with E-state index in [2.05, 4.69) is 15.6 Å². The van der Waals surface area contributed by atoms with Gasteiger partial charge in [-0.2, -0.15) is 0 Å². The minimum Gasteiger partial charge on any atom is -1.00 e. The summed E-state index contributed by atoms with van der Waals surface area (Å²) in [4.78, 5) is 41.0. The number of methoxy groups -OCH3 is 1. The van der Waals surface area contributed by atoms with Gasteiger partial charge in [0.25, 0.3) is 0 Å². The topological polar surface area (TPSA) is 136 Å². The number of rotatable bonds is 11. The number of benzene rings is 3. The van der Waals surface area contributed by atoms with Crippen molar-refractivity contribution in [1.29, 1.82) is 0 Å². The van der Waals surface area contributed by atoms with Gasteiger partial charge in [-0.25, -0.2) is 4.39 Å². The maximum atomic E-state index is 15.1. The number of nitrogens with one attached hydrogen (secondary N) is 2. The molecule has 1 saturated carbocycles. The van der Waals surface area contributed by atoms with Gasteiger partial charge in [-0.05, 0) is 55.3 Å². The van der Waals surface area contributed by atoms with E-state index in [0.29, 0.717) is 46.0 Å². The van der Waals surface area contributed by atoms with Crippen LogP contribution in [0.25, 0.3) is 10.9 Å². The van der Waals surface area contributed by atoms with E-state index in [1.54, 1.807) is 42.5 Å². The summed E-state index contributed by atoms with van der Waals surface area (Å²) in [5, 5.41) is 15.2. The van der Waals surface area contributed by atoms with Crippen molar-refractivity contribution in [2.45, 2.75) is 19.3 Å². The van der Waals surface area contributed by atoms with Crippen LogP contribution in [0.1, 0.15) is 20.7 Å². The summed E-state index contributed by atoms with van der Waals surface area (Å²) in [6, 6.07) is 15.3. The molecule has 0 bridgehead atoms. The molecule has 1 aliphatic carbocycles. The fourth-order valence-electron chi connectivity index (χ4n) is 4.27. The van der Waals surface area contributed by atoms with E-state index in [-0.39, 0.29) is 83.0 Å². The minimum absolute atomic E-state index is 0. The molecule has 0 unspecified atom stereocenters. The second-order valence-electron chi connectivity index (χ2n) is 9.57. The fourth-order valence-corrected chi connectivity index (χ4v) is 4.46. The Labute approximate surface area is 294 Å². The summed E-state index contributed by atoms with van der Waals surface area (Å²) in [6.07, 6.45) is 2.01. The van der Waals surface area contributed by atoms with Crippen LogP contribution in [0.5, 0.6) is 23.0 Å². The molecule has 0 radical (unpaired) electrons. The predicted octanol–water partition coefficient (Wildman–Crippen LogP) is 3.16. The van der Waals surface area contributed by atoms with Crippen molar-refractivity contribution in [3.8, 4) is 23.0 Å². The smallest absolute Gasteiger partial charge is 1.00 e. The van der Waals surface area contributed by atoms with Crippen LogP contribution in [-0.2, 0) is 14.4 Å². The van der Waals surface area contributed by atoms with Crippen molar-refractivity contribution >= 4 is 51.7 Å². The van der Waals surface area contributed by atoms with E-state index in [1.165, 1.54) is 25.4 Å². The zero-order valence-corrected chi connectivity index (χ0v) is 27.2. The Morgan fingerprint density at radius 2 is 1.70 bits per heavy atom. The number of hydrogen-bond donors (Lipinski definition) is 3. The number of amides is 2. The number of carbonyl (C=O) groups excluding carboxylic acids is 2. The predicted molar refractivity (Wildman–Crippen MR) is 154 cm³/mol. The average molecular weight is 634 g/mol. The number of carboxylic acids is 1. The van der Waals surface area contributed by atoms with Gasteiger partial charge in [-0.3, -0.25) is 19.4 Å². The Hall–Kier alpha value is -3.26. The summed E-state index contributed by atoms with van der Waals surface area (Å²) in [5.41, 5.74) is -0.161. The van der Waals surface area contributed by atoms with Crippen LogP contribution in [0.3, 0.4) is 0 Å². The number of carboxylic acid groups (broad SMARTS) is 1. The summed E-state index contributed by atoms with van der Waals surface area (Å²) in [6.45, 7) is -0.0603. The van der Waals surface area contributed by atoms with Gasteiger partial charge in [0.2, 0.25) is 11.8 Å². The molecule has 1 heterocycles. The number of fused-ring (bicyclic) bond motifs is 1. The van der Waals surface area contributed by atoms with Gasteiger partial charge in [0.1, 0.15) is 11.2 Å². The third kappa shape index (κ3) is 7.64. The molecule has 1 aromatic heterocycles. The van der Waals surface area contributed by atoms with Crippen molar-refractivity contribution in [2.24, 2.45) is 5.41 Å². The Morgan fingerprint density at radius 3 is 2.33 bits per heavy atom. The number of halogens is 2. The fraction of sp³-hybridized carbons (Fsp3) is 0.200. The van der Waals surface area contributed by atoms with Crippen molar-refractivity contribution in [3.05, 3.63) is 77.7 Å². The monoisotopic (exact) mass is 633 g/mol. The van der Waals surface area contributed by atoms with E-state index in [1.807, 2.05) is 0 Å². The van der Waals surface area contributed by atoms with Gasteiger partial charge in [0.05, 0.1) is 25.7 Å². The van der Waals surface area contributed by atoms with Gasteiger partial charge < -0.3 is 31.4 Å². The molecule has 1 fully saturated rings. The molecule has 3 aromatic carbocycles. The first-order chi connectivity index (χ1) is 20.2. The SMILES string of the molecule is COc1cc2c(Oc3ccc(NC(=O)C4(C(=O)Nc5cccc(Cl)c5)CC4)cc3F)ccnc2cc1OCCC(=O)O.[H-].[K+]. The summed E-state index contributed by atoms with van der Waals surface area (Å²) in [7, 11) is 1.43. The molecule has 43 heavy (non-hydrogen) atoms. The Bertz CT molecular complexity index is 1710. The zero-order valence-electron chi connectivity index (χ0n) is 24.3. The van der Waals surface area contributed by atoms with Crippen LogP contribution < -0.4 is 76.2 Å². The zero-order chi connectivity index (χ0) is 29.9. The van der Waals surface area contributed by atoms with Gasteiger partial charge in [-0.1, -0.05) is 17.7 Å². The maximum Gasteiger partial charge on any atom is 1.00 e. The standard InChI is InChI=1S/C30H25ClFN3O7.K.H/c1-40-25-15-20-22(16-26(25)41-12-8-27(36)37)33-11-7-23(20)42-24-6-5-19(14-21(24)32)35-29(39)30(9-10-30)28(38)34-18-4-2-3-17(31)13-18;;/h2-7,11,13-16H,8-10,12H2,1H3,(H,34,38)(H,35,39)(H,36,37);;/q;+1;-1. The Balaban J connectivity index is 0.00000264. The third-order valence-corrected chi connectivity index (χ3v) is 6.91. The first kappa shape index (κ1) is 32.6. The second-order valence-corrected chi connectivity index (χ2v) is 10.0. The molecule has 0 spiro atoms. The van der Waals surface area contributed by atoms with Gasteiger partial charge >= 0.3 is 57.4 Å². The molecular weight excluding hydrogens is 608 g/mol. The number of aromatic nitrogens is 1. The number of aliphatic carboxylic acids is 1. The third-order valence-electron chi connectivity index (χ3n) is 6.67. The quantitative estimate of drug-likeness (QED) is 0.169. The number of anilines is 2. The summed E-state index contributed by atoms with van der Waals surface area (Å²) < 4.78 is 31.9. The van der Waals surface area contributed by atoms with Gasteiger partial charge in [0, 0.05) is 40.1 Å². The molecule has 0 saturated heterocycles. The molecule has 10 nitrogen and oxygen atoms in total. The van der Waals surface area contributed by atoms with Crippen molar-refractivity contribution < 1.29 is 90.9 Å². The number of hydrogen-bond acceptors (Lipinski definition) is 7. The van der Waals surface area contributed by atoms with Crippen LogP contribution in [0.2, 0.25) is 5.02 Å². The Kier molecular flexibility index (Phi) is 10.6. The van der Waals surface area contributed by atoms with E-state index < -0.39 is 29.0 Å². The first-order valence-electron chi connectivity index (χ1n) is 12.9. The number of pyridine rings is 1. The van der Waals surface area contributed by atoms with Crippen molar-refractivity contribution in [3.63, 3.8) is 0 Å². The summed E-state index contributed by atoms with van der Waals surface area (Å²) >= 11 is 5.97. The van der Waals surface area contributed by atoms with Crippen LogP contribution in [0.4, 0.5) is 15.8 Å². The molecule has 4 aromatic rings. The number of nitrogens with zero attached hydrogens (tertiary/aromatic N) is 1. The van der Waals surface area contributed by atoms with Crippen LogP contribution in [0, 0.1) is 11.2 Å². The van der Waals surface area contributed by atoms with E-state index in [9.17, 15) is 14.4 Å². The normalized spacial score (nSPS) is 12.9. The largest absolute Gasteiger partial charge is 1.00 e. The van der Waals surface area contributed by atoms with Crippen molar-refractivity contribution in [2.75, 3.05) is 24.4 Å². The van der Waals surface area contributed by atoms with E-state index in [4.69, 9.17) is 30.9 Å². The maximum absolute atomic E-state index is 15.1. The van der Waals surface area contributed by atoms with Gasteiger partial charge in [-0.15, -0.1) is 0 Å². The summed E-state index contributed by atoms with van der Waals surface area (Å²) in [5.74, 6) is -1.95. The molecule has 0 atom stereocenters. The molecule has 13 heteroatoms. The average Bonchev–Trinajstić information content (AvgIpc) is 3.77. The molecule has 1 aliphatic rings. The number of carbonyl (C=O) groups is 3. The molecule has 0 aliphatic heterocycles. The first-order valence-corrected chi connectivity index (χ1v) is 13.2. The molecule has 2 amide bonds. The number of ether oxygens (including phenoxy) is 3. The van der Waals surface area contributed by atoms with Crippen molar-refractivity contribution in [1.82, 2.24) is 4.98 Å². The molecule has 5 rings (SSSR count). The van der Waals surface area contributed by atoms with Crippen LogP contribution >= 0.6 is 11.6 Å². The molecule has 218 valence electrons. The Morgan fingerprint density at radius 1 is 0.977 bits per heavy atom. The van der Waals surface area contributed by atoms with Crippen LogP contribution in [0.15, 0.2) is 66.9 Å². The van der Waals surface area contributed by atoms with E-state index in [0.717, 1.165) is 6.07 Å². The van der Waals surface area contributed by atoms with E-state index >= 15 is 4.39 Å². The second kappa shape index (κ2) is 14.0. The van der Waals surface area contributed by atoms with Gasteiger partial charge in [0.15, 0.2) is 23.1 Å². The molecular formula is C30H26ClFKN3O7. The molecule has 3 N–H and O–H groups in total.